The molecule has 0 aromatic carbocycles. The van der Waals surface area contributed by atoms with Crippen molar-refractivity contribution in [1.82, 2.24) is 10.3 Å². The van der Waals surface area contributed by atoms with Crippen LogP contribution in [0.4, 0.5) is 5.69 Å². The molecule has 0 aliphatic carbocycles. The van der Waals surface area contributed by atoms with Gasteiger partial charge >= 0.3 is 0 Å². The molecule has 1 fully saturated rings. The number of nitrogens with zero attached hydrogens (tertiary/aromatic N) is 3. The highest BCUT2D eigenvalue weighted by Crippen LogP contribution is 2.23. The maximum atomic E-state index is 9.19. The molecule has 0 spiro atoms. The van der Waals surface area contributed by atoms with E-state index in [9.17, 15) is 5.26 Å². The molecule has 1 aliphatic heterocycles. The van der Waals surface area contributed by atoms with Crippen LogP contribution >= 0.6 is 0 Å². The van der Waals surface area contributed by atoms with Crippen molar-refractivity contribution >= 4 is 5.69 Å². The normalized spacial score (nSPS) is 15.9. The van der Waals surface area contributed by atoms with Crippen LogP contribution in [0.25, 0.3) is 0 Å². The Hall–Kier alpha value is -1.60. The van der Waals surface area contributed by atoms with Crippen molar-refractivity contribution in [3.63, 3.8) is 0 Å². The summed E-state index contributed by atoms with van der Waals surface area (Å²) < 4.78 is 0. The van der Waals surface area contributed by atoms with Crippen molar-refractivity contribution < 1.29 is 0 Å². The standard InChI is InChI=1S/C12H16N4/c1-9-7-12(11(8-13)10(2)15-9)16-5-3-14-4-6-16/h7,14H,3-6H2,1-2H3. The molecule has 16 heavy (non-hydrogen) atoms. The van der Waals surface area contributed by atoms with E-state index in [0.717, 1.165) is 43.3 Å². The van der Waals surface area contributed by atoms with Gasteiger partial charge in [-0.2, -0.15) is 5.26 Å². The summed E-state index contributed by atoms with van der Waals surface area (Å²) in [4.78, 5) is 6.60. The predicted molar refractivity (Wildman–Crippen MR) is 63.5 cm³/mol. The van der Waals surface area contributed by atoms with E-state index in [1.807, 2.05) is 19.9 Å². The third-order valence-corrected chi connectivity index (χ3v) is 2.88. The first-order chi connectivity index (χ1) is 7.72. The molecule has 2 heterocycles. The summed E-state index contributed by atoms with van der Waals surface area (Å²) in [5, 5.41) is 12.5. The molecule has 1 saturated heterocycles. The molecule has 0 saturated carbocycles. The summed E-state index contributed by atoms with van der Waals surface area (Å²) in [5.41, 5.74) is 3.56. The fraction of sp³-hybridized carbons (Fsp3) is 0.500. The molecule has 0 unspecified atom stereocenters. The second kappa shape index (κ2) is 4.50. The Balaban J connectivity index is 2.42. The largest absolute Gasteiger partial charge is 0.368 e. The third-order valence-electron chi connectivity index (χ3n) is 2.88. The van der Waals surface area contributed by atoms with Crippen LogP contribution < -0.4 is 10.2 Å². The van der Waals surface area contributed by atoms with Gasteiger partial charge in [0.05, 0.1) is 16.9 Å². The second-order valence-electron chi connectivity index (χ2n) is 4.09. The van der Waals surface area contributed by atoms with Crippen molar-refractivity contribution in [1.29, 1.82) is 5.26 Å². The zero-order valence-corrected chi connectivity index (χ0v) is 9.75. The van der Waals surface area contributed by atoms with Gasteiger partial charge in [-0.1, -0.05) is 0 Å². The molecule has 0 atom stereocenters. The fourth-order valence-electron chi connectivity index (χ4n) is 2.10. The molecule has 1 N–H and O–H groups in total. The summed E-state index contributed by atoms with van der Waals surface area (Å²) in [6.45, 7) is 7.74. The quantitative estimate of drug-likeness (QED) is 0.760. The zero-order valence-electron chi connectivity index (χ0n) is 9.75. The minimum Gasteiger partial charge on any atom is -0.368 e. The van der Waals surface area contributed by atoms with E-state index in [-0.39, 0.29) is 0 Å². The van der Waals surface area contributed by atoms with Crippen molar-refractivity contribution in [3.8, 4) is 6.07 Å². The Kier molecular flexibility index (Phi) is 3.07. The number of hydrogen-bond donors (Lipinski definition) is 1. The van der Waals surface area contributed by atoms with E-state index in [4.69, 9.17) is 0 Å². The van der Waals surface area contributed by atoms with Gasteiger partial charge in [-0.15, -0.1) is 0 Å². The van der Waals surface area contributed by atoms with Gasteiger partial charge < -0.3 is 10.2 Å². The average Bonchev–Trinajstić information content (AvgIpc) is 2.29. The third kappa shape index (κ3) is 2.00. The van der Waals surface area contributed by atoms with Crippen LogP contribution in [0.2, 0.25) is 0 Å². The van der Waals surface area contributed by atoms with Gasteiger partial charge in [-0.05, 0) is 19.9 Å². The number of hydrogen-bond acceptors (Lipinski definition) is 4. The lowest BCUT2D eigenvalue weighted by atomic mass is 10.1. The maximum absolute atomic E-state index is 9.19. The van der Waals surface area contributed by atoms with Crippen LogP contribution in [-0.2, 0) is 0 Å². The monoisotopic (exact) mass is 216 g/mol. The first-order valence-corrected chi connectivity index (χ1v) is 5.56. The van der Waals surface area contributed by atoms with Crippen LogP contribution in [0.5, 0.6) is 0 Å². The molecule has 0 radical (unpaired) electrons. The van der Waals surface area contributed by atoms with Crippen molar-refractivity contribution in [3.05, 3.63) is 23.0 Å². The minimum atomic E-state index is 0.715. The Morgan fingerprint density at radius 3 is 2.69 bits per heavy atom. The van der Waals surface area contributed by atoms with Crippen LogP contribution in [-0.4, -0.2) is 31.2 Å². The lowest BCUT2D eigenvalue weighted by molar-refractivity contribution is 0.588. The molecule has 1 aromatic heterocycles. The Morgan fingerprint density at radius 2 is 2.06 bits per heavy atom. The zero-order chi connectivity index (χ0) is 11.5. The molecule has 4 nitrogen and oxygen atoms in total. The van der Waals surface area contributed by atoms with Crippen LogP contribution in [0.1, 0.15) is 17.0 Å². The molecule has 0 amide bonds. The minimum absolute atomic E-state index is 0.715. The molecule has 4 heteroatoms. The molecule has 84 valence electrons. The van der Waals surface area contributed by atoms with E-state index in [1.54, 1.807) is 0 Å². The summed E-state index contributed by atoms with van der Waals surface area (Å²) in [7, 11) is 0. The summed E-state index contributed by atoms with van der Waals surface area (Å²) in [6, 6.07) is 4.27. The van der Waals surface area contributed by atoms with E-state index in [2.05, 4.69) is 21.3 Å². The average molecular weight is 216 g/mol. The lowest BCUT2D eigenvalue weighted by Crippen LogP contribution is -2.44. The molecule has 2 rings (SSSR count). The van der Waals surface area contributed by atoms with Gasteiger partial charge in [0, 0.05) is 31.9 Å². The number of nitriles is 1. The van der Waals surface area contributed by atoms with Crippen molar-refractivity contribution in [2.75, 3.05) is 31.1 Å². The van der Waals surface area contributed by atoms with Gasteiger partial charge in [-0.3, -0.25) is 4.98 Å². The first-order valence-electron chi connectivity index (χ1n) is 5.56. The number of rotatable bonds is 1. The van der Waals surface area contributed by atoms with Gasteiger partial charge in [0.15, 0.2) is 0 Å². The first kappa shape index (κ1) is 10.9. The predicted octanol–water partition coefficient (Wildman–Crippen LogP) is 0.980. The van der Waals surface area contributed by atoms with Gasteiger partial charge in [0.2, 0.25) is 0 Å². The highest BCUT2D eigenvalue weighted by Gasteiger charge is 2.16. The highest BCUT2D eigenvalue weighted by molar-refractivity contribution is 5.61. The number of aryl methyl sites for hydroxylation is 2. The smallest absolute Gasteiger partial charge is 0.103 e. The van der Waals surface area contributed by atoms with E-state index < -0.39 is 0 Å². The number of anilines is 1. The summed E-state index contributed by atoms with van der Waals surface area (Å²) in [6.07, 6.45) is 0. The van der Waals surface area contributed by atoms with Gasteiger partial charge in [0.25, 0.3) is 0 Å². The number of nitrogens with one attached hydrogen (secondary N) is 1. The van der Waals surface area contributed by atoms with Crippen LogP contribution in [0.3, 0.4) is 0 Å². The van der Waals surface area contributed by atoms with E-state index in [1.165, 1.54) is 0 Å². The summed E-state index contributed by atoms with van der Waals surface area (Å²) in [5.74, 6) is 0. The van der Waals surface area contributed by atoms with Gasteiger partial charge in [0.1, 0.15) is 6.07 Å². The molecule has 1 aliphatic rings. The number of pyridine rings is 1. The van der Waals surface area contributed by atoms with E-state index >= 15 is 0 Å². The van der Waals surface area contributed by atoms with Gasteiger partial charge in [-0.25, -0.2) is 0 Å². The fourth-order valence-corrected chi connectivity index (χ4v) is 2.10. The Labute approximate surface area is 95.9 Å². The molecule has 1 aromatic rings. The van der Waals surface area contributed by atoms with Crippen molar-refractivity contribution in [2.24, 2.45) is 0 Å². The van der Waals surface area contributed by atoms with E-state index in [0.29, 0.717) is 5.56 Å². The lowest BCUT2D eigenvalue weighted by Gasteiger charge is -2.30. The van der Waals surface area contributed by atoms with Crippen LogP contribution in [0, 0.1) is 25.2 Å². The van der Waals surface area contributed by atoms with Crippen molar-refractivity contribution in [2.45, 2.75) is 13.8 Å². The topological polar surface area (TPSA) is 52.0 Å². The molecular formula is C12H16N4. The second-order valence-corrected chi connectivity index (χ2v) is 4.09. The Bertz CT molecular complexity index is 427. The van der Waals surface area contributed by atoms with Crippen LogP contribution in [0.15, 0.2) is 6.07 Å². The molecule has 0 bridgehead atoms. The SMILES string of the molecule is Cc1cc(N2CCNCC2)c(C#N)c(C)n1. The maximum Gasteiger partial charge on any atom is 0.103 e. The highest BCUT2D eigenvalue weighted by atomic mass is 15.2. The Morgan fingerprint density at radius 1 is 1.38 bits per heavy atom. The number of aromatic nitrogens is 1. The molecular weight excluding hydrogens is 200 g/mol. The summed E-state index contributed by atoms with van der Waals surface area (Å²) >= 11 is 0. The number of piperazine rings is 1.